The molecule has 9 heteroatoms. The Morgan fingerprint density at radius 3 is 2.55 bits per heavy atom. The van der Waals surface area contributed by atoms with Gasteiger partial charge in [-0.05, 0) is 42.5 Å². The van der Waals surface area contributed by atoms with Crippen molar-refractivity contribution in [2.24, 2.45) is 0 Å². The molecule has 5 rings (SSSR count). The zero-order chi connectivity index (χ0) is 21.5. The van der Waals surface area contributed by atoms with Crippen LogP contribution in [0.1, 0.15) is 0 Å². The monoisotopic (exact) mass is 421 g/mol. The molecule has 156 valence electrons. The Kier molecular flexibility index (Phi) is 4.59. The number of carbonyl (C=O) groups is 1. The van der Waals surface area contributed by atoms with Crippen LogP contribution in [0.5, 0.6) is 5.75 Å². The van der Waals surface area contributed by atoms with Crippen molar-refractivity contribution in [3.05, 3.63) is 66.4 Å². The molecular formula is C22H17F2N5O2. The van der Waals surface area contributed by atoms with E-state index in [0.717, 1.165) is 24.0 Å². The molecule has 0 saturated carbocycles. The Hall–Kier alpha value is -3.85. The number of fused-ring (bicyclic) bond motifs is 1. The molecule has 2 aromatic carbocycles. The Labute approximate surface area is 175 Å². The number of hydrogen-bond acceptors (Lipinski definition) is 5. The molecule has 4 aromatic rings. The number of halogens is 2. The van der Waals surface area contributed by atoms with Gasteiger partial charge in [-0.2, -0.15) is 0 Å². The summed E-state index contributed by atoms with van der Waals surface area (Å²) in [6.45, 7) is 1.67. The summed E-state index contributed by atoms with van der Waals surface area (Å²) in [5.74, 6) is -2.54. The lowest BCUT2D eigenvalue weighted by Crippen LogP contribution is -2.48. The molecule has 0 aliphatic carbocycles. The van der Waals surface area contributed by atoms with Crippen molar-refractivity contribution in [1.82, 2.24) is 20.1 Å². The first-order valence-electron chi connectivity index (χ1n) is 9.66. The number of carbonyl (C=O) groups excluding carboxylic acids is 1. The number of amides is 1. The zero-order valence-corrected chi connectivity index (χ0v) is 16.2. The topological polar surface area (TPSA) is 83.3 Å². The van der Waals surface area contributed by atoms with Crippen LogP contribution in [-0.2, 0) is 4.79 Å². The normalized spacial score (nSPS) is 14.4. The van der Waals surface area contributed by atoms with Gasteiger partial charge in [0.25, 0.3) is 0 Å². The maximum Gasteiger partial charge on any atom is 0.240 e. The quantitative estimate of drug-likeness (QED) is 0.531. The lowest BCUT2D eigenvalue weighted by Gasteiger charge is -2.27. The van der Waals surface area contributed by atoms with E-state index in [9.17, 15) is 18.7 Å². The van der Waals surface area contributed by atoms with Crippen LogP contribution < -0.4 is 10.2 Å². The van der Waals surface area contributed by atoms with Crippen LogP contribution in [0.25, 0.3) is 28.0 Å². The highest BCUT2D eigenvalue weighted by Crippen LogP contribution is 2.32. The van der Waals surface area contributed by atoms with Crippen LogP contribution in [0.3, 0.4) is 0 Å². The number of phenolic OH excluding ortho intramolecular Hbond substituents is 1. The van der Waals surface area contributed by atoms with E-state index in [4.69, 9.17) is 0 Å². The van der Waals surface area contributed by atoms with Crippen molar-refractivity contribution >= 4 is 22.6 Å². The molecule has 3 heterocycles. The smallest absolute Gasteiger partial charge is 0.240 e. The summed E-state index contributed by atoms with van der Waals surface area (Å²) < 4.78 is 29.3. The van der Waals surface area contributed by atoms with E-state index in [1.165, 1.54) is 0 Å². The Balaban J connectivity index is 1.54. The van der Waals surface area contributed by atoms with Gasteiger partial charge in [0.05, 0.1) is 17.8 Å². The van der Waals surface area contributed by atoms with Crippen LogP contribution in [0.15, 0.2) is 54.7 Å². The van der Waals surface area contributed by atoms with Gasteiger partial charge in [-0.3, -0.25) is 4.79 Å². The summed E-state index contributed by atoms with van der Waals surface area (Å²) in [6.07, 6.45) is 1.81. The third-order valence-corrected chi connectivity index (χ3v) is 5.28. The Bertz CT molecular complexity index is 1300. The number of nitrogens with one attached hydrogen (secondary N) is 1. The fourth-order valence-electron chi connectivity index (χ4n) is 3.72. The summed E-state index contributed by atoms with van der Waals surface area (Å²) >= 11 is 0. The van der Waals surface area contributed by atoms with Crippen LogP contribution >= 0.6 is 0 Å². The molecule has 1 aliphatic heterocycles. The van der Waals surface area contributed by atoms with Gasteiger partial charge in [-0.25, -0.2) is 8.78 Å². The van der Waals surface area contributed by atoms with E-state index >= 15 is 0 Å². The van der Waals surface area contributed by atoms with Crippen molar-refractivity contribution in [3.8, 4) is 22.7 Å². The molecule has 1 aliphatic rings. The number of aromatic nitrogens is 3. The maximum atomic E-state index is 13.8. The van der Waals surface area contributed by atoms with Gasteiger partial charge in [0, 0.05) is 42.3 Å². The minimum Gasteiger partial charge on any atom is -0.504 e. The standard InChI is InChI=1S/C22H17F2N5O2/c23-13-9-16(22(31)17(24)10-13)19-11-20-18(26-27-19)5-7-28(20)14-1-3-15(4-2-14)29-8-6-25-12-21(29)30/h1-5,7,9-11,25,31H,6,8,12H2. The Morgan fingerprint density at radius 2 is 1.77 bits per heavy atom. The van der Waals surface area contributed by atoms with Crippen molar-refractivity contribution in [1.29, 1.82) is 0 Å². The van der Waals surface area contributed by atoms with Crippen molar-refractivity contribution < 1.29 is 18.7 Å². The Morgan fingerprint density at radius 1 is 1.00 bits per heavy atom. The average Bonchev–Trinajstić information content (AvgIpc) is 3.20. The lowest BCUT2D eigenvalue weighted by molar-refractivity contribution is -0.118. The van der Waals surface area contributed by atoms with Crippen LogP contribution in [-0.4, -0.2) is 45.4 Å². The number of piperazine rings is 1. The molecule has 2 N–H and O–H groups in total. The fourth-order valence-corrected chi connectivity index (χ4v) is 3.72. The molecule has 2 aromatic heterocycles. The van der Waals surface area contributed by atoms with E-state index < -0.39 is 17.4 Å². The van der Waals surface area contributed by atoms with Crippen LogP contribution in [0, 0.1) is 11.6 Å². The van der Waals surface area contributed by atoms with Gasteiger partial charge < -0.3 is 19.9 Å². The van der Waals surface area contributed by atoms with E-state index in [1.807, 2.05) is 28.8 Å². The van der Waals surface area contributed by atoms with Gasteiger partial charge in [-0.1, -0.05) is 0 Å². The second kappa shape index (κ2) is 7.44. The first kappa shape index (κ1) is 19.1. The predicted molar refractivity (Wildman–Crippen MR) is 111 cm³/mol. The highest BCUT2D eigenvalue weighted by molar-refractivity contribution is 5.95. The molecule has 0 bridgehead atoms. The van der Waals surface area contributed by atoms with Crippen molar-refractivity contribution in [3.63, 3.8) is 0 Å². The second-order valence-electron chi connectivity index (χ2n) is 7.21. The van der Waals surface area contributed by atoms with E-state index in [2.05, 4.69) is 15.5 Å². The van der Waals surface area contributed by atoms with Crippen molar-refractivity contribution in [2.45, 2.75) is 0 Å². The first-order chi connectivity index (χ1) is 15.0. The number of anilines is 1. The van der Waals surface area contributed by atoms with E-state index in [-0.39, 0.29) is 17.2 Å². The number of aromatic hydroxyl groups is 1. The highest BCUT2D eigenvalue weighted by Gasteiger charge is 2.19. The third-order valence-electron chi connectivity index (χ3n) is 5.28. The third kappa shape index (κ3) is 3.38. The molecule has 1 fully saturated rings. The highest BCUT2D eigenvalue weighted by atomic mass is 19.1. The predicted octanol–water partition coefficient (Wildman–Crippen LogP) is 3.01. The molecule has 1 amide bonds. The van der Waals surface area contributed by atoms with Gasteiger partial charge in [-0.15, -0.1) is 10.2 Å². The van der Waals surface area contributed by atoms with E-state index in [1.54, 1.807) is 23.2 Å². The van der Waals surface area contributed by atoms with E-state index in [0.29, 0.717) is 30.2 Å². The number of benzene rings is 2. The summed E-state index contributed by atoms with van der Waals surface area (Å²) in [5, 5.41) is 21.2. The first-order valence-corrected chi connectivity index (χ1v) is 9.66. The van der Waals surface area contributed by atoms with Crippen LogP contribution in [0.2, 0.25) is 0 Å². The zero-order valence-electron chi connectivity index (χ0n) is 16.2. The largest absolute Gasteiger partial charge is 0.504 e. The minimum absolute atomic E-state index is 0.0208. The maximum absolute atomic E-state index is 13.8. The molecule has 7 nitrogen and oxygen atoms in total. The lowest BCUT2D eigenvalue weighted by atomic mass is 10.1. The SMILES string of the molecule is O=C1CNCCN1c1ccc(-n2ccc3nnc(-c4cc(F)cc(F)c4O)cc32)cc1. The summed E-state index contributed by atoms with van der Waals surface area (Å²) in [7, 11) is 0. The molecular weight excluding hydrogens is 404 g/mol. The van der Waals surface area contributed by atoms with Gasteiger partial charge in [0.15, 0.2) is 11.6 Å². The molecule has 0 spiro atoms. The van der Waals surface area contributed by atoms with Gasteiger partial charge in [0.1, 0.15) is 11.3 Å². The van der Waals surface area contributed by atoms with Crippen LogP contribution in [0.4, 0.5) is 14.5 Å². The minimum atomic E-state index is -1.06. The molecule has 0 radical (unpaired) electrons. The fraction of sp³-hybridized carbons (Fsp3) is 0.136. The number of rotatable bonds is 3. The molecule has 31 heavy (non-hydrogen) atoms. The summed E-state index contributed by atoms with van der Waals surface area (Å²) in [6, 6.07) is 12.5. The number of hydrogen-bond donors (Lipinski definition) is 2. The van der Waals surface area contributed by atoms with Gasteiger partial charge >= 0.3 is 0 Å². The molecule has 0 atom stereocenters. The van der Waals surface area contributed by atoms with Gasteiger partial charge in [0.2, 0.25) is 5.91 Å². The second-order valence-corrected chi connectivity index (χ2v) is 7.21. The molecule has 0 unspecified atom stereocenters. The summed E-state index contributed by atoms with van der Waals surface area (Å²) in [4.78, 5) is 13.8. The van der Waals surface area contributed by atoms with Crippen molar-refractivity contribution in [2.75, 3.05) is 24.5 Å². The number of phenols is 1. The average molecular weight is 421 g/mol. The molecule has 1 saturated heterocycles. The number of nitrogens with zero attached hydrogens (tertiary/aromatic N) is 4. The summed E-state index contributed by atoms with van der Waals surface area (Å²) in [5.41, 5.74) is 2.93.